The van der Waals surface area contributed by atoms with Gasteiger partial charge in [0.05, 0.1) is 0 Å². The molecule has 0 amide bonds. The van der Waals surface area contributed by atoms with Crippen molar-refractivity contribution in [2.75, 3.05) is 0 Å². The van der Waals surface area contributed by atoms with Gasteiger partial charge >= 0.3 is 0 Å². The lowest BCUT2D eigenvalue weighted by Gasteiger charge is -1.97. The van der Waals surface area contributed by atoms with Gasteiger partial charge in [-0.1, -0.05) is 36.4 Å². The third kappa shape index (κ3) is 3.70. The molecule has 0 spiro atoms. The Hall–Kier alpha value is -1.37. The third-order valence-corrected chi connectivity index (χ3v) is 1.86. The number of benzene rings is 1. The Morgan fingerprint density at radius 1 is 1.31 bits per heavy atom. The molecule has 0 radical (unpaired) electrons. The summed E-state index contributed by atoms with van der Waals surface area (Å²) in [5, 5.41) is 0. The van der Waals surface area contributed by atoms with Crippen molar-refractivity contribution in [3.05, 3.63) is 48.0 Å². The molecule has 0 saturated heterocycles. The Balaban J connectivity index is 2.40. The van der Waals surface area contributed by atoms with Crippen LogP contribution < -0.4 is 0 Å². The summed E-state index contributed by atoms with van der Waals surface area (Å²) in [6, 6.07) is 10.1. The summed E-state index contributed by atoms with van der Waals surface area (Å²) in [7, 11) is 0. The van der Waals surface area contributed by atoms with Crippen LogP contribution in [-0.4, -0.2) is 5.78 Å². The van der Waals surface area contributed by atoms with Gasteiger partial charge < -0.3 is 0 Å². The van der Waals surface area contributed by atoms with Crippen LogP contribution in [0.5, 0.6) is 0 Å². The molecule has 1 nitrogen and oxygen atoms in total. The summed E-state index contributed by atoms with van der Waals surface area (Å²) >= 11 is 0. The van der Waals surface area contributed by atoms with Crippen molar-refractivity contribution in [2.45, 2.75) is 19.8 Å². The molecule has 68 valence electrons. The van der Waals surface area contributed by atoms with Crippen LogP contribution >= 0.6 is 0 Å². The summed E-state index contributed by atoms with van der Waals surface area (Å²) in [5.41, 5.74) is 1.22. The highest BCUT2D eigenvalue weighted by molar-refractivity contribution is 5.89. The Bertz CT molecular complexity index is 285. The average Bonchev–Trinajstić information content (AvgIpc) is 2.17. The van der Waals surface area contributed by atoms with E-state index < -0.39 is 0 Å². The van der Waals surface area contributed by atoms with Crippen LogP contribution in [0.4, 0.5) is 0 Å². The van der Waals surface area contributed by atoms with Crippen molar-refractivity contribution in [3.8, 4) is 0 Å². The molecular weight excluding hydrogens is 160 g/mol. The Morgan fingerprint density at radius 2 is 2.00 bits per heavy atom. The van der Waals surface area contributed by atoms with Gasteiger partial charge in [0.1, 0.15) is 0 Å². The fourth-order valence-electron chi connectivity index (χ4n) is 1.18. The van der Waals surface area contributed by atoms with Gasteiger partial charge in [0.15, 0.2) is 5.78 Å². The number of allylic oxidation sites excluding steroid dienone is 2. The van der Waals surface area contributed by atoms with Gasteiger partial charge in [0.2, 0.25) is 0 Å². The van der Waals surface area contributed by atoms with E-state index in [1.54, 1.807) is 12.2 Å². The molecule has 0 aliphatic rings. The summed E-state index contributed by atoms with van der Waals surface area (Å²) in [5.74, 6) is 0.200. The zero-order valence-electron chi connectivity index (χ0n) is 7.86. The number of carbonyl (C=O) groups excluding carboxylic acids is 1. The monoisotopic (exact) mass is 174 g/mol. The van der Waals surface area contributed by atoms with Crippen molar-refractivity contribution in [3.63, 3.8) is 0 Å². The second-order valence-corrected chi connectivity index (χ2v) is 2.95. The number of aryl methyl sites for hydroxylation is 1. The Kier molecular flexibility index (Phi) is 3.97. The predicted octanol–water partition coefficient (Wildman–Crippen LogP) is 2.76. The molecule has 0 aliphatic heterocycles. The zero-order chi connectivity index (χ0) is 9.52. The van der Waals surface area contributed by atoms with Crippen molar-refractivity contribution in [2.24, 2.45) is 0 Å². The van der Waals surface area contributed by atoms with Crippen LogP contribution in [0.1, 0.15) is 18.9 Å². The van der Waals surface area contributed by atoms with Crippen molar-refractivity contribution < 1.29 is 4.79 Å². The quantitative estimate of drug-likeness (QED) is 0.641. The molecule has 0 bridgehead atoms. The number of hydrogen-bond donors (Lipinski definition) is 0. The summed E-state index contributed by atoms with van der Waals surface area (Å²) < 4.78 is 0. The average molecular weight is 174 g/mol. The van der Waals surface area contributed by atoms with Gasteiger partial charge in [0.25, 0.3) is 0 Å². The molecule has 0 aromatic heterocycles. The lowest BCUT2D eigenvalue weighted by molar-refractivity contribution is -0.114. The Morgan fingerprint density at radius 3 is 2.62 bits per heavy atom. The van der Waals surface area contributed by atoms with Crippen LogP contribution in [0.3, 0.4) is 0 Å². The van der Waals surface area contributed by atoms with E-state index in [0.29, 0.717) is 6.42 Å². The fourth-order valence-corrected chi connectivity index (χ4v) is 1.18. The Labute approximate surface area is 79.1 Å². The number of ketones is 1. The van der Waals surface area contributed by atoms with E-state index in [-0.39, 0.29) is 5.78 Å². The van der Waals surface area contributed by atoms with Gasteiger partial charge in [0, 0.05) is 6.42 Å². The van der Waals surface area contributed by atoms with Crippen LogP contribution in [0.25, 0.3) is 0 Å². The molecule has 0 saturated carbocycles. The molecular formula is C12H14O. The summed E-state index contributed by atoms with van der Waals surface area (Å²) in [4.78, 5) is 11.1. The normalized spacial score (nSPS) is 10.5. The second kappa shape index (κ2) is 5.31. The molecule has 1 aromatic rings. The summed E-state index contributed by atoms with van der Waals surface area (Å²) in [6.45, 7) is 1.86. The summed E-state index contributed by atoms with van der Waals surface area (Å²) in [6.07, 6.45) is 4.86. The lowest BCUT2D eigenvalue weighted by Crippen LogP contribution is -1.95. The van der Waals surface area contributed by atoms with E-state index in [9.17, 15) is 4.79 Å². The molecule has 0 heterocycles. The van der Waals surface area contributed by atoms with E-state index >= 15 is 0 Å². The van der Waals surface area contributed by atoms with Crippen LogP contribution in [0.15, 0.2) is 42.5 Å². The van der Waals surface area contributed by atoms with Gasteiger partial charge in [-0.2, -0.15) is 0 Å². The van der Waals surface area contributed by atoms with E-state index in [4.69, 9.17) is 0 Å². The van der Waals surface area contributed by atoms with E-state index in [1.165, 1.54) is 5.56 Å². The maximum absolute atomic E-state index is 11.1. The van der Waals surface area contributed by atoms with E-state index in [1.807, 2.05) is 37.3 Å². The molecule has 1 rings (SSSR count). The van der Waals surface area contributed by atoms with Crippen molar-refractivity contribution in [1.82, 2.24) is 0 Å². The number of rotatable bonds is 4. The first-order valence-electron chi connectivity index (χ1n) is 4.52. The first-order valence-corrected chi connectivity index (χ1v) is 4.52. The predicted molar refractivity (Wildman–Crippen MR) is 54.6 cm³/mol. The minimum Gasteiger partial charge on any atom is -0.295 e. The number of hydrogen-bond acceptors (Lipinski definition) is 1. The fraction of sp³-hybridized carbons (Fsp3) is 0.250. The highest BCUT2D eigenvalue weighted by Gasteiger charge is 1.96. The maximum Gasteiger partial charge on any atom is 0.155 e. The molecule has 1 heteroatoms. The van der Waals surface area contributed by atoms with Gasteiger partial charge in [-0.15, -0.1) is 0 Å². The van der Waals surface area contributed by atoms with E-state index in [2.05, 4.69) is 0 Å². The van der Waals surface area contributed by atoms with Crippen LogP contribution in [0.2, 0.25) is 0 Å². The molecule has 13 heavy (non-hydrogen) atoms. The minimum atomic E-state index is 0.200. The first kappa shape index (κ1) is 9.72. The molecule has 0 N–H and O–H groups in total. The topological polar surface area (TPSA) is 17.1 Å². The highest BCUT2D eigenvalue weighted by Crippen LogP contribution is 2.02. The van der Waals surface area contributed by atoms with Gasteiger partial charge in [-0.3, -0.25) is 4.79 Å². The standard InChI is InChI=1S/C12H14O/c1-2-6-12(13)10-9-11-7-4-3-5-8-11/h2-8H,9-10H2,1H3. The first-order chi connectivity index (χ1) is 6.33. The largest absolute Gasteiger partial charge is 0.295 e. The minimum absolute atomic E-state index is 0.200. The SMILES string of the molecule is CC=CC(=O)CCc1ccccc1. The van der Waals surface area contributed by atoms with Crippen molar-refractivity contribution >= 4 is 5.78 Å². The van der Waals surface area contributed by atoms with Crippen LogP contribution in [-0.2, 0) is 11.2 Å². The second-order valence-electron chi connectivity index (χ2n) is 2.95. The zero-order valence-corrected chi connectivity index (χ0v) is 7.86. The maximum atomic E-state index is 11.1. The van der Waals surface area contributed by atoms with Gasteiger partial charge in [-0.25, -0.2) is 0 Å². The van der Waals surface area contributed by atoms with E-state index in [0.717, 1.165) is 6.42 Å². The molecule has 0 fully saturated rings. The van der Waals surface area contributed by atoms with Crippen molar-refractivity contribution in [1.29, 1.82) is 0 Å². The molecule has 0 unspecified atom stereocenters. The van der Waals surface area contributed by atoms with Gasteiger partial charge in [-0.05, 0) is 25.0 Å². The lowest BCUT2D eigenvalue weighted by atomic mass is 10.1. The smallest absolute Gasteiger partial charge is 0.155 e. The molecule has 0 atom stereocenters. The number of carbonyl (C=O) groups is 1. The van der Waals surface area contributed by atoms with Crippen LogP contribution in [0, 0.1) is 0 Å². The highest BCUT2D eigenvalue weighted by atomic mass is 16.1. The molecule has 1 aromatic carbocycles. The third-order valence-electron chi connectivity index (χ3n) is 1.86. The molecule has 0 aliphatic carbocycles.